The van der Waals surface area contributed by atoms with Crippen LogP contribution >= 0.6 is 0 Å². The Morgan fingerprint density at radius 2 is 2.41 bits per heavy atom. The third-order valence-electron chi connectivity index (χ3n) is 2.86. The molecule has 2 N–H and O–H groups in total. The van der Waals surface area contributed by atoms with Crippen LogP contribution in [0.1, 0.15) is 12.8 Å². The summed E-state index contributed by atoms with van der Waals surface area (Å²) in [5.41, 5.74) is 0.146. The summed E-state index contributed by atoms with van der Waals surface area (Å²) in [4.78, 5) is 10.2. The molecule has 1 aliphatic rings. The minimum Gasteiger partial charge on any atom is -0.378 e. The molecule has 0 spiro atoms. The molecule has 1 aliphatic heterocycles. The summed E-state index contributed by atoms with van der Waals surface area (Å²) in [6.07, 6.45) is 2.18. The van der Waals surface area contributed by atoms with Gasteiger partial charge in [-0.3, -0.25) is 10.1 Å². The first-order valence-corrected chi connectivity index (χ1v) is 5.58. The summed E-state index contributed by atoms with van der Waals surface area (Å²) in [6, 6.07) is 3.89. The number of hydrogen-bond acceptors (Lipinski definition) is 4. The number of nitro benzene ring substituents is 1. The largest absolute Gasteiger partial charge is 0.378 e. The Morgan fingerprint density at radius 3 is 3.06 bits per heavy atom. The Labute approximate surface area is 98.2 Å². The van der Waals surface area contributed by atoms with Crippen LogP contribution in [0, 0.1) is 15.9 Å². The second kappa shape index (κ2) is 5.09. The average Bonchev–Trinajstić information content (AvgIpc) is 2.80. The van der Waals surface area contributed by atoms with Crippen molar-refractivity contribution >= 4 is 11.4 Å². The molecule has 0 radical (unpaired) electrons. The second-order valence-corrected chi connectivity index (χ2v) is 4.09. The predicted molar refractivity (Wildman–Crippen MR) is 62.6 cm³/mol. The third-order valence-corrected chi connectivity index (χ3v) is 2.86. The summed E-state index contributed by atoms with van der Waals surface area (Å²) in [7, 11) is 0. The number of nitrogens with zero attached hydrogens (tertiary/aromatic N) is 1. The molecule has 0 bridgehead atoms. The van der Waals surface area contributed by atoms with E-state index in [0.717, 1.165) is 25.5 Å². The van der Waals surface area contributed by atoms with E-state index in [1.165, 1.54) is 12.1 Å². The lowest BCUT2D eigenvalue weighted by atomic mass is 10.2. The van der Waals surface area contributed by atoms with E-state index in [4.69, 9.17) is 0 Å². The molecule has 92 valence electrons. The summed E-state index contributed by atoms with van der Waals surface area (Å²) in [5.74, 6) is -0.596. The van der Waals surface area contributed by atoms with Crippen molar-refractivity contribution in [2.75, 3.05) is 18.4 Å². The molecular weight excluding hydrogens is 225 g/mol. The van der Waals surface area contributed by atoms with Crippen molar-refractivity contribution in [3.05, 3.63) is 34.1 Å². The van der Waals surface area contributed by atoms with Gasteiger partial charge in [-0.1, -0.05) is 0 Å². The van der Waals surface area contributed by atoms with Crippen LogP contribution in [0.2, 0.25) is 0 Å². The van der Waals surface area contributed by atoms with Gasteiger partial charge >= 0.3 is 0 Å². The normalized spacial score (nSPS) is 19.2. The molecule has 5 nitrogen and oxygen atoms in total. The molecule has 17 heavy (non-hydrogen) atoms. The van der Waals surface area contributed by atoms with Crippen molar-refractivity contribution in [1.82, 2.24) is 5.32 Å². The van der Waals surface area contributed by atoms with Crippen LogP contribution in [0.4, 0.5) is 15.8 Å². The molecule has 1 heterocycles. The van der Waals surface area contributed by atoms with E-state index in [1.807, 2.05) is 0 Å². The topological polar surface area (TPSA) is 67.2 Å². The maximum absolute atomic E-state index is 12.9. The Kier molecular flexibility index (Phi) is 3.53. The van der Waals surface area contributed by atoms with E-state index >= 15 is 0 Å². The fraction of sp³-hybridized carbons (Fsp3) is 0.455. The minimum absolute atomic E-state index is 0.219. The maximum atomic E-state index is 12.9. The fourth-order valence-electron chi connectivity index (χ4n) is 1.97. The van der Waals surface area contributed by atoms with Gasteiger partial charge in [-0.25, -0.2) is 4.39 Å². The zero-order valence-corrected chi connectivity index (χ0v) is 9.28. The Morgan fingerprint density at radius 1 is 1.59 bits per heavy atom. The van der Waals surface area contributed by atoms with Crippen LogP contribution < -0.4 is 10.6 Å². The monoisotopic (exact) mass is 239 g/mol. The van der Waals surface area contributed by atoms with E-state index in [0.29, 0.717) is 18.3 Å². The lowest BCUT2D eigenvalue weighted by Gasteiger charge is -2.12. The molecule has 0 amide bonds. The average molecular weight is 239 g/mol. The van der Waals surface area contributed by atoms with Crippen molar-refractivity contribution < 1.29 is 9.31 Å². The van der Waals surface area contributed by atoms with Gasteiger partial charge in [0.1, 0.15) is 11.5 Å². The van der Waals surface area contributed by atoms with Crippen molar-refractivity contribution in [2.24, 2.45) is 0 Å². The van der Waals surface area contributed by atoms with Gasteiger partial charge in [0.25, 0.3) is 5.69 Å². The predicted octanol–water partition coefficient (Wildman–Crippen LogP) is 1.90. The number of anilines is 1. The number of benzene rings is 1. The van der Waals surface area contributed by atoms with Gasteiger partial charge in [0.15, 0.2) is 0 Å². The van der Waals surface area contributed by atoms with Crippen molar-refractivity contribution in [3.8, 4) is 0 Å². The van der Waals surface area contributed by atoms with E-state index in [-0.39, 0.29) is 5.69 Å². The molecule has 1 unspecified atom stereocenters. The fourth-order valence-corrected chi connectivity index (χ4v) is 1.97. The first-order valence-electron chi connectivity index (χ1n) is 5.58. The highest BCUT2D eigenvalue weighted by Crippen LogP contribution is 2.25. The van der Waals surface area contributed by atoms with Crippen LogP contribution in [-0.4, -0.2) is 24.1 Å². The molecule has 1 atom stereocenters. The van der Waals surface area contributed by atoms with Gasteiger partial charge < -0.3 is 10.6 Å². The van der Waals surface area contributed by atoms with E-state index < -0.39 is 10.7 Å². The van der Waals surface area contributed by atoms with Crippen molar-refractivity contribution in [2.45, 2.75) is 18.9 Å². The molecule has 6 heteroatoms. The molecule has 0 aromatic heterocycles. The summed E-state index contributed by atoms with van der Waals surface area (Å²) in [5, 5.41) is 17.0. The van der Waals surface area contributed by atoms with E-state index in [2.05, 4.69) is 10.6 Å². The zero-order chi connectivity index (χ0) is 12.3. The van der Waals surface area contributed by atoms with Gasteiger partial charge in [0.2, 0.25) is 0 Å². The summed E-state index contributed by atoms with van der Waals surface area (Å²) < 4.78 is 12.9. The second-order valence-electron chi connectivity index (χ2n) is 4.09. The van der Waals surface area contributed by atoms with Crippen molar-refractivity contribution in [1.29, 1.82) is 0 Å². The standard InChI is InChI=1S/C11H14FN3O2/c12-8-3-4-10(11(6-8)15(16)17)14-7-9-2-1-5-13-9/h3-4,6,9,13-14H,1-2,5,7H2. The first-order chi connectivity index (χ1) is 8.16. The first kappa shape index (κ1) is 11.8. The lowest BCUT2D eigenvalue weighted by molar-refractivity contribution is -0.384. The smallest absolute Gasteiger partial charge is 0.295 e. The number of nitro groups is 1. The zero-order valence-electron chi connectivity index (χ0n) is 9.28. The molecule has 2 rings (SSSR count). The lowest BCUT2D eigenvalue weighted by Crippen LogP contribution is -2.29. The maximum Gasteiger partial charge on any atom is 0.295 e. The summed E-state index contributed by atoms with van der Waals surface area (Å²) >= 11 is 0. The molecular formula is C11H14FN3O2. The van der Waals surface area contributed by atoms with Gasteiger partial charge in [-0.15, -0.1) is 0 Å². The van der Waals surface area contributed by atoms with Crippen LogP contribution in [0.3, 0.4) is 0 Å². The Hall–Kier alpha value is -1.69. The van der Waals surface area contributed by atoms with Crippen LogP contribution in [0.5, 0.6) is 0 Å². The van der Waals surface area contributed by atoms with E-state index in [1.54, 1.807) is 0 Å². The number of halogens is 1. The van der Waals surface area contributed by atoms with Gasteiger partial charge in [-0.2, -0.15) is 0 Å². The minimum atomic E-state index is -0.596. The van der Waals surface area contributed by atoms with Crippen LogP contribution in [0.25, 0.3) is 0 Å². The van der Waals surface area contributed by atoms with Gasteiger partial charge in [0.05, 0.1) is 11.0 Å². The summed E-state index contributed by atoms with van der Waals surface area (Å²) in [6.45, 7) is 1.60. The molecule has 1 aromatic rings. The molecule has 1 fully saturated rings. The van der Waals surface area contributed by atoms with Gasteiger partial charge in [-0.05, 0) is 31.5 Å². The van der Waals surface area contributed by atoms with Crippen LogP contribution in [-0.2, 0) is 0 Å². The molecule has 1 aromatic carbocycles. The SMILES string of the molecule is O=[N+]([O-])c1cc(F)ccc1NCC1CCCN1. The number of nitrogens with one attached hydrogen (secondary N) is 2. The Bertz CT molecular complexity index is 419. The highest BCUT2D eigenvalue weighted by atomic mass is 19.1. The quantitative estimate of drug-likeness (QED) is 0.622. The van der Waals surface area contributed by atoms with Crippen molar-refractivity contribution in [3.63, 3.8) is 0 Å². The highest BCUT2D eigenvalue weighted by molar-refractivity contribution is 5.61. The third kappa shape index (κ3) is 2.91. The number of hydrogen-bond donors (Lipinski definition) is 2. The molecule has 0 saturated carbocycles. The van der Waals surface area contributed by atoms with E-state index in [9.17, 15) is 14.5 Å². The number of rotatable bonds is 4. The molecule has 1 saturated heterocycles. The Balaban J connectivity index is 2.06. The van der Waals surface area contributed by atoms with Gasteiger partial charge in [0, 0.05) is 12.6 Å². The highest BCUT2D eigenvalue weighted by Gasteiger charge is 2.17. The molecule has 0 aliphatic carbocycles. The van der Waals surface area contributed by atoms with Crippen LogP contribution in [0.15, 0.2) is 18.2 Å².